The maximum Gasteiger partial charge on any atom is 0.232 e. The first kappa shape index (κ1) is 15.7. The number of thiazole rings is 1. The first-order valence-electron chi connectivity index (χ1n) is 7.55. The molecule has 0 aliphatic heterocycles. The van der Waals surface area contributed by atoms with E-state index in [1.165, 1.54) is 24.5 Å². The van der Waals surface area contributed by atoms with Gasteiger partial charge in [-0.1, -0.05) is 0 Å². The van der Waals surface area contributed by atoms with Gasteiger partial charge in [-0.3, -0.25) is 0 Å². The maximum atomic E-state index is 13.9. The lowest BCUT2D eigenvalue weighted by Crippen LogP contribution is -1.93. The summed E-state index contributed by atoms with van der Waals surface area (Å²) in [4.78, 5) is 13.5. The Morgan fingerprint density at radius 3 is 2.60 bits per heavy atom. The highest BCUT2D eigenvalue weighted by Gasteiger charge is 2.15. The molecule has 0 saturated carbocycles. The van der Waals surface area contributed by atoms with Crippen LogP contribution in [0.4, 0.5) is 4.39 Å². The Kier molecular flexibility index (Phi) is 3.73. The second-order valence-corrected chi connectivity index (χ2v) is 6.60. The van der Waals surface area contributed by atoms with Crippen molar-refractivity contribution in [1.82, 2.24) is 15.0 Å². The summed E-state index contributed by atoms with van der Waals surface area (Å²) in [5, 5.41) is 0.760. The van der Waals surface area contributed by atoms with Gasteiger partial charge >= 0.3 is 0 Å². The summed E-state index contributed by atoms with van der Waals surface area (Å²) >= 11 is 1.47. The van der Waals surface area contributed by atoms with Crippen LogP contribution in [0, 0.1) is 12.7 Å². The molecule has 2 heterocycles. The third-order valence-corrected chi connectivity index (χ3v) is 4.92. The van der Waals surface area contributed by atoms with E-state index in [1.54, 1.807) is 19.4 Å². The van der Waals surface area contributed by atoms with Gasteiger partial charge in [0.2, 0.25) is 5.88 Å². The Labute approximate surface area is 147 Å². The summed E-state index contributed by atoms with van der Waals surface area (Å²) < 4.78 is 25.0. The highest BCUT2D eigenvalue weighted by atomic mass is 32.1. The SMILES string of the molecule is COc1cnc2c(-c3nc4cc(F)c(OC)cc4s3)cc(C)cc2n1. The molecule has 0 aliphatic rings. The van der Waals surface area contributed by atoms with Crippen LogP contribution in [-0.4, -0.2) is 29.2 Å². The monoisotopic (exact) mass is 355 g/mol. The van der Waals surface area contributed by atoms with Gasteiger partial charge in [-0.15, -0.1) is 11.3 Å². The van der Waals surface area contributed by atoms with Crippen molar-refractivity contribution in [3.8, 4) is 22.2 Å². The van der Waals surface area contributed by atoms with Crippen LogP contribution in [0.2, 0.25) is 0 Å². The van der Waals surface area contributed by atoms with Gasteiger partial charge in [-0.2, -0.15) is 0 Å². The Bertz CT molecular complexity index is 1110. The smallest absolute Gasteiger partial charge is 0.232 e. The minimum absolute atomic E-state index is 0.210. The van der Waals surface area contributed by atoms with Crippen LogP contribution in [-0.2, 0) is 0 Å². The first-order chi connectivity index (χ1) is 12.1. The fourth-order valence-corrected chi connectivity index (χ4v) is 3.70. The zero-order valence-electron chi connectivity index (χ0n) is 13.8. The van der Waals surface area contributed by atoms with Gasteiger partial charge in [0.05, 0.1) is 41.7 Å². The van der Waals surface area contributed by atoms with Gasteiger partial charge in [0.15, 0.2) is 11.6 Å². The number of hydrogen-bond acceptors (Lipinski definition) is 6. The molecule has 2 aromatic heterocycles. The molecule has 2 aromatic carbocycles. The van der Waals surface area contributed by atoms with E-state index >= 15 is 0 Å². The molecule has 0 bridgehead atoms. The molecular formula is C18H14FN3O2S. The standard InChI is InChI=1S/C18H14FN3O2S/c1-9-4-10(17-13(5-9)21-16(24-3)8-20-17)18-22-12-6-11(19)14(23-2)7-15(12)25-18/h4-8H,1-3H3. The Hall–Kier alpha value is -2.80. The number of hydrogen-bond donors (Lipinski definition) is 0. The van der Waals surface area contributed by atoms with Crippen LogP contribution in [0.15, 0.2) is 30.5 Å². The summed E-state index contributed by atoms with van der Waals surface area (Å²) in [5.74, 6) is 0.243. The fourth-order valence-electron chi connectivity index (χ4n) is 2.71. The van der Waals surface area contributed by atoms with E-state index in [9.17, 15) is 4.39 Å². The van der Waals surface area contributed by atoms with E-state index in [0.717, 1.165) is 31.9 Å². The van der Waals surface area contributed by atoms with Crippen molar-refractivity contribution in [1.29, 1.82) is 0 Å². The summed E-state index contributed by atoms with van der Waals surface area (Å²) in [6, 6.07) is 7.01. The van der Waals surface area contributed by atoms with Crippen LogP contribution in [0.3, 0.4) is 0 Å². The Morgan fingerprint density at radius 1 is 1.00 bits per heavy atom. The third-order valence-electron chi connectivity index (χ3n) is 3.87. The Balaban J connectivity index is 1.96. The van der Waals surface area contributed by atoms with Crippen molar-refractivity contribution < 1.29 is 13.9 Å². The lowest BCUT2D eigenvalue weighted by molar-refractivity contribution is 0.387. The second kappa shape index (κ2) is 5.93. The molecule has 0 fully saturated rings. The van der Waals surface area contributed by atoms with Crippen molar-refractivity contribution in [2.24, 2.45) is 0 Å². The van der Waals surface area contributed by atoms with E-state index in [-0.39, 0.29) is 5.75 Å². The molecule has 7 heteroatoms. The van der Waals surface area contributed by atoms with E-state index in [4.69, 9.17) is 9.47 Å². The van der Waals surface area contributed by atoms with E-state index in [1.807, 2.05) is 19.1 Å². The van der Waals surface area contributed by atoms with E-state index in [2.05, 4.69) is 15.0 Å². The third kappa shape index (κ3) is 2.66. The minimum atomic E-state index is -0.425. The van der Waals surface area contributed by atoms with Crippen molar-refractivity contribution in [3.05, 3.63) is 41.8 Å². The Morgan fingerprint density at radius 2 is 1.84 bits per heavy atom. The molecule has 0 unspecified atom stereocenters. The van der Waals surface area contributed by atoms with Gasteiger partial charge in [-0.25, -0.2) is 19.3 Å². The quantitative estimate of drug-likeness (QED) is 0.546. The predicted molar refractivity (Wildman–Crippen MR) is 96.0 cm³/mol. The fraction of sp³-hybridized carbons (Fsp3) is 0.167. The number of methoxy groups -OCH3 is 2. The lowest BCUT2D eigenvalue weighted by atomic mass is 10.1. The van der Waals surface area contributed by atoms with Crippen molar-refractivity contribution in [2.75, 3.05) is 14.2 Å². The molecule has 25 heavy (non-hydrogen) atoms. The van der Waals surface area contributed by atoms with E-state index in [0.29, 0.717) is 11.4 Å². The molecule has 0 radical (unpaired) electrons. The molecule has 4 aromatic rings. The number of ether oxygens (including phenoxy) is 2. The highest BCUT2D eigenvalue weighted by Crippen LogP contribution is 2.36. The molecule has 5 nitrogen and oxygen atoms in total. The lowest BCUT2D eigenvalue weighted by Gasteiger charge is -2.06. The molecule has 126 valence electrons. The average molecular weight is 355 g/mol. The van der Waals surface area contributed by atoms with Crippen LogP contribution in [0.25, 0.3) is 31.8 Å². The summed E-state index contributed by atoms with van der Waals surface area (Å²) in [6.45, 7) is 1.99. The number of aromatic nitrogens is 3. The molecule has 0 saturated heterocycles. The van der Waals surface area contributed by atoms with Crippen LogP contribution >= 0.6 is 11.3 Å². The zero-order valence-corrected chi connectivity index (χ0v) is 14.6. The number of halogens is 1. The summed E-state index contributed by atoms with van der Waals surface area (Å²) in [6.07, 6.45) is 1.58. The van der Waals surface area contributed by atoms with Crippen LogP contribution in [0.5, 0.6) is 11.6 Å². The van der Waals surface area contributed by atoms with E-state index < -0.39 is 5.82 Å². The van der Waals surface area contributed by atoms with Gasteiger partial charge in [-0.05, 0) is 24.6 Å². The maximum absolute atomic E-state index is 13.9. The summed E-state index contributed by atoms with van der Waals surface area (Å²) in [5.41, 5.74) is 3.96. The van der Waals surface area contributed by atoms with Crippen molar-refractivity contribution in [2.45, 2.75) is 6.92 Å². The summed E-state index contributed by atoms with van der Waals surface area (Å²) in [7, 11) is 3.01. The van der Waals surface area contributed by atoms with Gasteiger partial charge in [0.1, 0.15) is 5.01 Å². The molecule has 0 N–H and O–H groups in total. The zero-order chi connectivity index (χ0) is 17.6. The number of aryl methyl sites for hydroxylation is 1. The number of nitrogens with zero attached hydrogens (tertiary/aromatic N) is 3. The molecule has 0 aliphatic carbocycles. The van der Waals surface area contributed by atoms with Gasteiger partial charge in [0.25, 0.3) is 0 Å². The average Bonchev–Trinajstić information content (AvgIpc) is 3.02. The normalized spacial score (nSPS) is 11.2. The predicted octanol–water partition coefficient (Wildman–Crippen LogP) is 4.37. The molecule has 0 atom stereocenters. The second-order valence-electron chi connectivity index (χ2n) is 5.57. The minimum Gasteiger partial charge on any atom is -0.494 e. The van der Waals surface area contributed by atoms with Crippen molar-refractivity contribution >= 4 is 32.6 Å². The van der Waals surface area contributed by atoms with Crippen LogP contribution < -0.4 is 9.47 Å². The molecule has 0 spiro atoms. The molecule has 0 amide bonds. The number of benzene rings is 2. The van der Waals surface area contributed by atoms with Crippen LogP contribution in [0.1, 0.15) is 5.56 Å². The largest absolute Gasteiger partial charge is 0.494 e. The van der Waals surface area contributed by atoms with Gasteiger partial charge in [0, 0.05) is 17.7 Å². The molecule has 4 rings (SSSR count). The van der Waals surface area contributed by atoms with Crippen molar-refractivity contribution in [3.63, 3.8) is 0 Å². The highest BCUT2D eigenvalue weighted by molar-refractivity contribution is 7.21. The van der Waals surface area contributed by atoms with Gasteiger partial charge < -0.3 is 9.47 Å². The molecular weight excluding hydrogens is 341 g/mol. The number of rotatable bonds is 3. The number of fused-ring (bicyclic) bond motifs is 2. The first-order valence-corrected chi connectivity index (χ1v) is 8.36. The topological polar surface area (TPSA) is 57.1 Å².